The number of benzene rings is 1. The van der Waals surface area contributed by atoms with Crippen LogP contribution in [0.2, 0.25) is 0 Å². The SMILES string of the molecule is CCC1(O)CN(c2ccccc2S(=O)(=O)C(F)(F)F)C1. The first-order valence-electron chi connectivity index (χ1n) is 5.98. The van der Waals surface area contributed by atoms with Gasteiger partial charge in [0.2, 0.25) is 0 Å². The number of hydrogen-bond donors (Lipinski definition) is 1. The summed E-state index contributed by atoms with van der Waals surface area (Å²) in [4.78, 5) is 0.660. The topological polar surface area (TPSA) is 57.6 Å². The summed E-state index contributed by atoms with van der Waals surface area (Å²) in [7, 11) is -5.40. The van der Waals surface area contributed by atoms with Crippen LogP contribution in [0.5, 0.6) is 0 Å². The Bertz CT molecular complexity index is 607. The third-order valence-electron chi connectivity index (χ3n) is 3.43. The molecule has 0 atom stereocenters. The Morgan fingerprint density at radius 3 is 2.35 bits per heavy atom. The highest BCUT2D eigenvalue weighted by molar-refractivity contribution is 7.92. The molecule has 0 unspecified atom stereocenters. The molecule has 1 saturated heterocycles. The maximum atomic E-state index is 12.6. The third-order valence-corrected chi connectivity index (χ3v) is 4.96. The van der Waals surface area contributed by atoms with Crippen molar-refractivity contribution in [2.75, 3.05) is 18.0 Å². The molecule has 0 aromatic heterocycles. The quantitative estimate of drug-likeness (QED) is 0.927. The predicted molar refractivity (Wildman–Crippen MR) is 67.1 cm³/mol. The highest BCUT2D eigenvalue weighted by Gasteiger charge is 2.49. The Kier molecular flexibility index (Phi) is 3.50. The lowest BCUT2D eigenvalue weighted by Gasteiger charge is -2.48. The van der Waals surface area contributed by atoms with E-state index in [1.807, 2.05) is 0 Å². The summed E-state index contributed by atoms with van der Waals surface area (Å²) in [6, 6.07) is 4.96. The van der Waals surface area contributed by atoms with Gasteiger partial charge in [-0.25, -0.2) is 8.42 Å². The molecule has 1 aromatic rings. The molecule has 0 spiro atoms. The van der Waals surface area contributed by atoms with Gasteiger partial charge in [-0.1, -0.05) is 19.1 Å². The number of alkyl halides is 3. The minimum Gasteiger partial charge on any atom is -0.386 e. The van der Waals surface area contributed by atoms with Gasteiger partial charge in [0.1, 0.15) is 0 Å². The fourth-order valence-corrected chi connectivity index (χ4v) is 3.11. The van der Waals surface area contributed by atoms with Crippen molar-refractivity contribution in [2.45, 2.75) is 29.3 Å². The van der Waals surface area contributed by atoms with Crippen LogP contribution in [-0.4, -0.2) is 37.7 Å². The number of hydrogen-bond acceptors (Lipinski definition) is 4. The van der Waals surface area contributed by atoms with Crippen LogP contribution in [0.4, 0.5) is 18.9 Å². The second-order valence-electron chi connectivity index (χ2n) is 4.85. The molecule has 0 aliphatic carbocycles. The van der Waals surface area contributed by atoms with E-state index in [1.54, 1.807) is 6.92 Å². The van der Waals surface area contributed by atoms with Crippen molar-refractivity contribution < 1.29 is 26.7 Å². The summed E-state index contributed by atoms with van der Waals surface area (Å²) in [5.74, 6) is 0. The highest BCUT2D eigenvalue weighted by Crippen LogP contribution is 2.39. The van der Waals surface area contributed by atoms with Gasteiger partial charge >= 0.3 is 5.51 Å². The van der Waals surface area contributed by atoms with Gasteiger partial charge < -0.3 is 10.0 Å². The summed E-state index contributed by atoms with van der Waals surface area (Å²) in [6.45, 7) is 2.00. The maximum absolute atomic E-state index is 12.6. The van der Waals surface area contributed by atoms with Crippen LogP contribution in [0.3, 0.4) is 0 Å². The first kappa shape index (κ1) is 15.1. The first-order valence-corrected chi connectivity index (χ1v) is 7.47. The monoisotopic (exact) mass is 309 g/mol. The van der Waals surface area contributed by atoms with Crippen LogP contribution in [0.25, 0.3) is 0 Å². The van der Waals surface area contributed by atoms with E-state index >= 15 is 0 Å². The molecule has 1 N–H and O–H groups in total. The number of β-amino-alcohol motifs (C(OH)–C–C–N with tert-alkyl or cyclic N) is 1. The number of aliphatic hydroxyl groups is 1. The van der Waals surface area contributed by atoms with Crippen LogP contribution in [0, 0.1) is 0 Å². The molecule has 1 fully saturated rings. The van der Waals surface area contributed by atoms with Crippen LogP contribution in [0.1, 0.15) is 13.3 Å². The first-order chi connectivity index (χ1) is 9.11. The van der Waals surface area contributed by atoms with Gasteiger partial charge in [-0.15, -0.1) is 0 Å². The second kappa shape index (κ2) is 4.63. The third kappa shape index (κ3) is 2.37. The van der Waals surface area contributed by atoms with E-state index in [0.29, 0.717) is 6.42 Å². The average molecular weight is 309 g/mol. The minimum absolute atomic E-state index is 0.0250. The van der Waals surface area contributed by atoms with Crippen LogP contribution in [0.15, 0.2) is 29.2 Å². The maximum Gasteiger partial charge on any atom is 0.501 e. The minimum atomic E-state index is -5.40. The molecular formula is C12H14F3NO3S. The smallest absolute Gasteiger partial charge is 0.386 e. The molecule has 4 nitrogen and oxygen atoms in total. The van der Waals surface area contributed by atoms with Gasteiger partial charge in [0.25, 0.3) is 9.84 Å². The standard InChI is InChI=1S/C12H14F3NO3S/c1-2-11(17)7-16(8-11)9-5-3-4-6-10(9)20(18,19)12(13,14)15/h3-6,17H,2,7-8H2,1H3. The Morgan fingerprint density at radius 1 is 1.30 bits per heavy atom. The number of nitrogens with zero attached hydrogens (tertiary/aromatic N) is 1. The molecule has 1 heterocycles. The molecule has 8 heteroatoms. The van der Waals surface area contributed by atoms with Crippen LogP contribution in [-0.2, 0) is 9.84 Å². The molecule has 2 rings (SSSR count). The molecule has 0 radical (unpaired) electrons. The zero-order chi connectivity index (χ0) is 15.2. The van der Waals surface area contributed by atoms with Crippen molar-refractivity contribution in [3.63, 3.8) is 0 Å². The zero-order valence-electron chi connectivity index (χ0n) is 10.7. The second-order valence-corrected chi connectivity index (χ2v) is 6.76. The van der Waals surface area contributed by atoms with Crippen molar-refractivity contribution in [1.29, 1.82) is 0 Å². The fourth-order valence-electron chi connectivity index (χ4n) is 2.13. The molecule has 1 aliphatic heterocycles. The van der Waals surface area contributed by atoms with E-state index in [4.69, 9.17) is 0 Å². The Hall–Kier alpha value is -1.28. The fraction of sp³-hybridized carbons (Fsp3) is 0.500. The van der Waals surface area contributed by atoms with Crippen molar-refractivity contribution in [3.8, 4) is 0 Å². The Morgan fingerprint density at radius 2 is 1.85 bits per heavy atom. The van der Waals surface area contributed by atoms with Crippen molar-refractivity contribution in [1.82, 2.24) is 0 Å². The van der Waals surface area contributed by atoms with Gasteiger partial charge in [0.15, 0.2) is 0 Å². The van der Waals surface area contributed by atoms with Gasteiger partial charge in [-0.05, 0) is 18.6 Å². The molecular weight excluding hydrogens is 295 g/mol. The number of para-hydroxylation sites is 1. The number of halogens is 3. The van der Waals surface area contributed by atoms with Gasteiger partial charge in [-0.3, -0.25) is 0 Å². The number of anilines is 1. The van der Waals surface area contributed by atoms with E-state index in [0.717, 1.165) is 6.07 Å². The van der Waals surface area contributed by atoms with Crippen molar-refractivity contribution in [2.24, 2.45) is 0 Å². The summed E-state index contributed by atoms with van der Waals surface area (Å²) in [5.41, 5.74) is -6.33. The molecule has 112 valence electrons. The van der Waals surface area contributed by atoms with Gasteiger partial charge in [0, 0.05) is 13.1 Å². The van der Waals surface area contributed by atoms with Gasteiger partial charge in [0.05, 0.1) is 16.2 Å². The molecule has 1 aromatic carbocycles. The van der Waals surface area contributed by atoms with Crippen molar-refractivity contribution in [3.05, 3.63) is 24.3 Å². The highest BCUT2D eigenvalue weighted by atomic mass is 32.2. The summed E-state index contributed by atoms with van der Waals surface area (Å²) in [6.07, 6.45) is 0.456. The molecule has 0 bridgehead atoms. The normalized spacial score (nSPS) is 18.8. The average Bonchev–Trinajstić information content (AvgIpc) is 2.33. The van der Waals surface area contributed by atoms with Crippen molar-refractivity contribution >= 4 is 15.5 Å². The number of rotatable bonds is 3. The largest absolute Gasteiger partial charge is 0.501 e. The predicted octanol–water partition coefficient (Wildman–Crippen LogP) is 1.94. The number of sulfone groups is 1. The summed E-state index contributed by atoms with van der Waals surface area (Å²) >= 11 is 0. The van der Waals surface area contributed by atoms with E-state index < -0.39 is 25.8 Å². The summed E-state index contributed by atoms with van der Waals surface area (Å²) < 4.78 is 61.0. The van der Waals surface area contributed by atoms with E-state index in [-0.39, 0.29) is 18.8 Å². The van der Waals surface area contributed by atoms with E-state index in [9.17, 15) is 26.7 Å². The lowest BCUT2D eigenvalue weighted by Crippen LogP contribution is -2.62. The molecule has 0 amide bonds. The van der Waals surface area contributed by atoms with E-state index in [2.05, 4.69) is 0 Å². The Labute approximate surface area is 114 Å². The molecule has 0 saturated carbocycles. The van der Waals surface area contributed by atoms with Crippen LogP contribution < -0.4 is 4.90 Å². The lowest BCUT2D eigenvalue weighted by atomic mass is 9.91. The van der Waals surface area contributed by atoms with E-state index in [1.165, 1.54) is 23.1 Å². The lowest BCUT2D eigenvalue weighted by molar-refractivity contribution is -0.0436. The van der Waals surface area contributed by atoms with Crippen LogP contribution >= 0.6 is 0 Å². The molecule has 20 heavy (non-hydrogen) atoms. The molecule has 1 aliphatic rings. The zero-order valence-corrected chi connectivity index (χ0v) is 11.5. The summed E-state index contributed by atoms with van der Waals surface area (Å²) in [5, 5.41) is 9.89. The van der Waals surface area contributed by atoms with Gasteiger partial charge in [-0.2, -0.15) is 13.2 Å². The Balaban J connectivity index is 2.39.